The Balaban J connectivity index is 0.00000461. The van der Waals surface area contributed by atoms with Gasteiger partial charge in [-0.25, -0.2) is 9.48 Å². The molecule has 45 heavy (non-hydrogen) atoms. The van der Waals surface area contributed by atoms with Gasteiger partial charge >= 0.3 is 47.4 Å². The fourth-order valence-corrected chi connectivity index (χ4v) is 7.21. The Morgan fingerprint density at radius 2 is 1.87 bits per heavy atom. The summed E-state index contributed by atoms with van der Waals surface area (Å²) in [4.78, 5) is 80.1. The molecule has 4 N–H and O–H groups in total. The Hall–Kier alpha value is -3.65. The number of carbonyl (C=O) groups is 6. The number of nitrogens with zero attached hydrogens (tertiary/aromatic N) is 7. The number of carbonyl (C=O) groups excluding carboxylic acids is 6. The molecule has 2 fully saturated rings. The van der Waals surface area contributed by atoms with Crippen molar-refractivity contribution < 1.29 is 63.4 Å². The molecule has 0 saturated carbocycles. The number of amides is 6. The van der Waals surface area contributed by atoms with Crippen molar-refractivity contribution >= 4 is 64.8 Å². The molecule has 3 atom stereocenters. The number of hydrogen-bond acceptors (Lipinski definition) is 13. The van der Waals surface area contributed by atoms with Crippen molar-refractivity contribution in [3.8, 4) is 0 Å². The molecule has 5 rings (SSSR count). The molecule has 0 radical (unpaired) electrons. The van der Waals surface area contributed by atoms with Crippen LogP contribution in [-0.2, 0) is 31.0 Å². The van der Waals surface area contributed by atoms with Crippen LogP contribution in [0, 0.1) is 0 Å². The number of carboxylic acids is 1. The predicted molar refractivity (Wildman–Crippen MR) is 153 cm³/mol. The van der Waals surface area contributed by atoms with Gasteiger partial charge in [0.2, 0.25) is 11.1 Å². The van der Waals surface area contributed by atoms with Crippen LogP contribution >= 0.6 is 23.5 Å². The van der Waals surface area contributed by atoms with Crippen LogP contribution in [0.2, 0.25) is 0 Å². The van der Waals surface area contributed by atoms with Gasteiger partial charge in [0.05, 0.1) is 11.7 Å². The number of thioether (sulfide) groups is 2. The molecule has 2 aromatic rings. The van der Waals surface area contributed by atoms with Crippen LogP contribution in [-0.4, -0.2) is 113 Å². The van der Waals surface area contributed by atoms with E-state index >= 15 is 0 Å². The van der Waals surface area contributed by atoms with Gasteiger partial charge in [-0.3, -0.25) is 29.0 Å². The molecule has 3 aliphatic heterocycles. The van der Waals surface area contributed by atoms with Crippen LogP contribution in [0.5, 0.6) is 0 Å². The Morgan fingerprint density at radius 1 is 1.16 bits per heavy atom. The maximum Gasteiger partial charge on any atom is 1.00 e. The number of urea groups is 1. The Kier molecular flexibility index (Phi) is 10.8. The molecule has 3 aliphatic rings. The maximum absolute atomic E-state index is 13.6. The van der Waals surface area contributed by atoms with Gasteiger partial charge in [0.15, 0.2) is 0 Å². The number of fused-ring (bicyclic) bond motifs is 1. The standard InChI is InChI=1S/C25H28N10O7S2.Na/c1-3-33-8-9-34(21(39)20(33)38)24(42)28-15(12-4-6-14(26)7-5-12)18(36)27-16-19(37)35-17(23(40)41)13(10-43-22(16)35)11-44-25-29-30-31-32(25)2;/h4-7,15-16,22H,3,8-11,26H2,1-2H3,(H,27,36)(H,28,42)(H,40,41);/q;+1/p-1/t15-,16-,22-;/m1./s1. The number of aliphatic carboxylic acids is 1. The molecule has 1 aromatic carbocycles. The smallest absolute Gasteiger partial charge is 0.543 e. The molecule has 2 saturated heterocycles. The van der Waals surface area contributed by atoms with Crippen LogP contribution < -0.4 is 51.0 Å². The van der Waals surface area contributed by atoms with Crippen molar-refractivity contribution in [3.05, 3.63) is 41.1 Å². The van der Waals surface area contributed by atoms with E-state index in [4.69, 9.17) is 5.73 Å². The van der Waals surface area contributed by atoms with Gasteiger partial charge in [0.25, 0.3) is 5.91 Å². The number of nitrogens with two attached hydrogens (primary N) is 1. The normalized spacial score (nSPS) is 20.2. The van der Waals surface area contributed by atoms with Crippen LogP contribution in [0.4, 0.5) is 10.5 Å². The summed E-state index contributed by atoms with van der Waals surface area (Å²) in [5, 5.41) is 28.1. The van der Waals surface area contributed by atoms with Gasteiger partial charge in [-0.1, -0.05) is 23.9 Å². The van der Waals surface area contributed by atoms with Gasteiger partial charge in [0.1, 0.15) is 17.5 Å². The summed E-state index contributed by atoms with van der Waals surface area (Å²) in [5.41, 5.74) is 6.64. The quantitative estimate of drug-likeness (QED) is 0.0747. The molecular formula is C25H27N10NaO7S2. The molecule has 0 aliphatic carbocycles. The van der Waals surface area contributed by atoms with E-state index in [2.05, 4.69) is 26.2 Å². The molecule has 0 bridgehead atoms. The summed E-state index contributed by atoms with van der Waals surface area (Å²) in [6.45, 7) is 2.08. The molecule has 17 nitrogen and oxygen atoms in total. The second-order valence-corrected chi connectivity index (χ2v) is 11.9. The number of piperazine rings is 1. The van der Waals surface area contributed by atoms with Gasteiger partial charge < -0.3 is 31.2 Å². The zero-order valence-electron chi connectivity index (χ0n) is 24.5. The van der Waals surface area contributed by atoms with Crippen molar-refractivity contribution in [2.75, 3.05) is 36.9 Å². The largest absolute Gasteiger partial charge is 1.00 e. The fourth-order valence-electron chi connectivity index (χ4n) is 4.87. The number of nitrogen functional groups attached to an aromatic ring is 1. The van der Waals surface area contributed by atoms with E-state index in [1.807, 2.05) is 0 Å². The number of hydrogen-bond donors (Lipinski definition) is 3. The number of aryl methyl sites for hydroxylation is 1. The molecule has 0 spiro atoms. The molecule has 6 amide bonds. The molecule has 20 heteroatoms. The third kappa shape index (κ3) is 6.81. The van der Waals surface area contributed by atoms with Gasteiger partial charge in [-0.05, 0) is 40.6 Å². The van der Waals surface area contributed by atoms with Gasteiger partial charge in [-0.15, -0.1) is 16.9 Å². The second-order valence-electron chi connectivity index (χ2n) is 9.90. The van der Waals surface area contributed by atoms with Crippen LogP contribution in [0.25, 0.3) is 0 Å². The number of rotatable bonds is 9. The number of tetrazole rings is 1. The molecule has 1 aromatic heterocycles. The zero-order chi connectivity index (χ0) is 31.7. The summed E-state index contributed by atoms with van der Waals surface area (Å²) >= 11 is 2.46. The summed E-state index contributed by atoms with van der Waals surface area (Å²) in [6.07, 6.45) is 0. The Labute approximate surface area is 286 Å². The van der Waals surface area contributed by atoms with Crippen LogP contribution in [0.3, 0.4) is 0 Å². The molecular weight excluding hydrogens is 639 g/mol. The topological polar surface area (TPSA) is 229 Å². The number of anilines is 1. The SMILES string of the molecule is CCN1CCN(C(=O)N[C@@H](C(=O)N[C@@H]2C(=O)N3C(C(=O)[O-])=C(CSc4nnnn4C)CS[C@H]23)c2ccc(N)cc2)C(=O)C1=O.[Na+]. The first-order valence-corrected chi connectivity index (χ1v) is 15.4. The van der Waals surface area contributed by atoms with Gasteiger partial charge in [0, 0.05) is 43.9 Å². The number of β-lactam (4-membered cyclic amide) rings is 1. The number of carboxylic acid groups (broad SMARTS) is 1. The first-order chi connectivity index (χ1) is 21.0. The Morgan fingerprint density at radius 3 is 2.49 bits per heavy atom. The van der Waals surface area contributed by atoms with E-state index in [0.29, 0.717) is 28.5 Å². The monoisotopic (exact) mass is 666 g/mol. The molecule has 4 heterocycles. The molecule has 232 valence electrons. The fraction of sp³-hybridized carbons (Fsp3) is 0.400. The van der Waals surface area contributed by atoms with Crippen molar-refractivity contribution in [3.63, 3.8) is 0 Å². The zero-order valence-corrected chi connectivity index (χ0v) is 28.1. The average Bonchev–Trinajstić information content (AvgIpc) is 3.42. The number of benzene rings is 1. The summed E-state index contributed by atoms with van der Waals surface area (Å²) < 4.78 is 1.43. The predicted octanol–water partition coefficient (Wildman–Crippen LogP) is -5.57. The van der Waals surface area contributed by atoms with Crippen LogP contribution in [0.1, 0.15) is 18.5 Å². The van der Waals surface area contributed by atoms with Gasteiger partial charge in [-0.2, -0.15) is 0 Å². The summed E-state index contributed by atoms with van der Waals surface area (Å²) in [7, 11) is 1.64. The first-order valence-electron chi connectivity index (χ1n) is 13.3. The second kappa shape index (κ2) is 14.2. The van der Waals surface area contributed by atoms with E-state index < -0.39 is 53.1 Å². The average molecular weight is 667 g/mol. The van der Waals surface area contributed by atoms with E-state index in [1.165, 1.54) is 57.4 Å². The third-order valence-corrected chi connectivity index (χ3v) is 9.67. The maximum atomic E-state index is 13.6. The van der Waals surface area contributed by atoms with Crippen molar-refractivity contribution in [1.82, 2.24) is 45.5 Å². The number of nitrogens with one attached hydrogen (secondary N) is 2. The van der Waals surface area contributed by atoms with E-state index in [-0.39, 0.29) is 59.8 Å². The minimum absolute atomic E-state index is 0. The van der Waals surface area contributed by atoms with Crippen molar-refractivity contribution in [2.45, 2.75) is 29.5 Å². The van der Waals surface area contributed by atoms with E-state index in [9.17, 15) is 33.9 Å². The minimum Gasteiger partial charge on any atom is -0.543 e. The van der Waals surface area contributed by atoms with E-state index in [0.717, 1.165) is 9.80 Å². The summed E-state index contributed by atoms with van der Waals surface area (Å²) in [5.74, 6) is -4.42. The third-order valence-electron chi connectivity index (χ3n) is 7.23. The first kappa shape index (κ1) is 34.2. The molecule has 0 unspecified atom stereocenters. The van der Waals surface area contributed by atoms with Crippen molar-refractivity contribution in [1.29, 1.82) is 0 Å². The van der Waals surface area contributed by atoms with Crippen LogP contribution in [0.15, 0.2) is 40.7 Å². The van der Waals surface area contributed by atoms with E-state index in [1.54, 1.807) is 14.0 Å². The van der Waals surface area contributed by atoms with Crippen molar-refractivity contribution in [2.24, 2.45) is 7.05 Å². The summed E-state index contributed by atoms with van der Waals surface area (Å²) in [6, 6.07) is 2.57. The Bertz CT molecular complexity index is 1570. The number of aromatic nitrogens is 4. The number of likely N-dealkylation sites (N-methyl/N-ethyl adjacent to an activating group) is 1. The number of imide groups is 1. The minimum atomic E-state index is -1.53.